The minimum atomic E-state index is 0.363. The van der Waals surface area contributed by atoms with Crippen molar-refractivity contribution in [3.05, 3.63) is 29.8 Å². The predicted octanol–water partition coefficient (Wildman–Crippen LogP) is 2.38. The van der Waals surface area contributed by atoms with Crippen LogP contribution in [0.3, 0.4) is 0 Å². The minimum Gasteiger partial charge on any atom is -0.489 e. The number of nitrogens with one attached hydrogen (secondary N) is 1. The quantitative estimate of drug-likeness (QED) is 0.815. The van der Waals surface area contributed by atoms with E-state index in [2.05, 4.69) is 36.5 Å². The summed E-state index contributed by atoms with van der Waals surface area (Å²) < 4.78 is 5.85. The van der Waals surface area contributed by atoms with Gasteiger partial charge in [-0.2, -0.15) is 0 Å². The molecule has 2 nitrogen and oxygen atoms in total. The smallest absolute Gasteiger partial charge is 0.119 e. The SMILES string of the molecule is CCCc1ccc(O[C@H]2CCNC2)cc1. The van der Waals surface area contributed by atoms with Crippen molar-refractivity contribution in [1.82, 2.24) is 5.32 Å². The van der Waals surface area contributed by atoms with Gasteiger partial charge in [0.25, 0.3) is 0 Å². The fourth-order valence-corrected chi connectivity index (χ4v) is 1.94. The highest BCUT2D eigenvalue weighted by Crippen LogP contribution is 2.16. The Bertz CT molecular complexity index is 288. The molecule has 1 aliphatic heterocycles. The zero-order chi connectivity index (χ0) is 10.5. The summed E-state index contributed by atoms with van der Waals surface area (Å²) in [5, 5.41) is 3.30. The van der Waals surface area contributed by atoms with Crippen LogP contribution >= 0.6 is 0 Å². The lowest BCUT2D eigenvalue weighted by Gasteiger charge is -2.12. The van der Waals surface area contributed by atoms with Gasteiger partial charge in [-0.05, 0) is 37.1 Å². The predicted molar refractivity (Wildman–Crippen MR) is 62.3 cm³/mol. The van der Waals surface area contributed by atoms with Crippen molar-refractivity contribution < 1.29 is 4.74 Å². The molecule has 0 amide bonds. The van der Waals surface area contributed by atoms with Gasteiger partial charge in [0, 0.05) is 6.54 Å². The number of ether oxygens (including phenoxy) is 1. The monoisotopic (exact) mass is 205 g/mol. The van der Waals surface area contributed by atoms with Gasteiger partial charge in [-0.1, -0.05) is 25.5 Å². The molecule has 1 saturated heterocycles. The van der Waals surface area contributed by atoms with E-state index in [4.69, 9.17) is 4.74 Å². The molecular weight excluding hydrogens is 186 g/mol. The Hall–Kier alpha value is -1.02. The Morgan fingerprint density at radius 2 is 2.13 bits per heavy atom. The first-order chi connectivity index (χ1) is 7.38. The lowest BCUT2D eigenvalue weighted by atomic mass is 10.1. The average molecular weight is 205 g/mol. The Kier molecular flexibility index (Phi) is 3.62. The number of aryl methyl sites for hydroxylation is 1. The van der Waals surface area contributed by atoms with Gasteiger partial charge in [0.2, 0.25) is 0 Å². The van der Waals surface area contributed by atoms with Crippen LogP contribution < -0.4 is 10.1 Å². The first-order valence-electron chi connectivity index (χ1n) is 5.85. The molecule has 82 valence electrons. The third kappa shape index (κ3) is 2.96. The van der Waals surface area contributed by atoms with Crippen LogP contribution in [-0.4, -0.2) is 19.2 Å². The van der Waals surface area contributed by atoms with Crippen molar-refractivity contribution in [2.24, 2.45) is 0 Å². The standard InChI is InChI=1S/C13H19NO/c1-2-3-11-4-6-12(7-5-11)15-13-8-9-14-10-13/h4-7,13-14H,2-3,8-10H2,1H3/t13-/m0/s1. The van der Waals surface area contributed by atoms with E-state index >= 15 is 0 Å². The lowest BCUT2D eigenvalue weighted by Crippen LogP contribution is -2.19. The Labute approximate surface area is 91.6 Å². The molecular formula is C13H19NO. The summed E-state index contributed by atoms with van der Waals surface area (Å²) in [4.78, 5) is 0. The van der Waals surface area contributed by atoms with Gasteiger partial charge in [0.1, 0.15) is 11.9 Å². The summed E-state index contributed by atoms with van der Waals surface area (Å²) in [5.74, 6) is 1.00. The molecule has 0 aliphatic carbocycles. The van der Waals surface area contributed by atoms with Crippen LogP contribution in [0.5, 0.6) is 5.75 Å². The number of hydrogen-bond acceptors (Lipinski definition) is 2. The zero-order valence-electron chi connectivity index (χ0n) is 9.33. The van der Waals surface area contributed by atoms with Crippen molar-refractivity contribution >= 4 is 0 Å². The highest BCUT2D eigenvalue weighted by Gasteiger charge is 2.15. The third-order valence-corrected chi connectivity index (χ3v) is 2.78. The van der Waals surface area contributed by atoms with Crippen LogP contribution in [0.4, 0.5) is 0 Å². The third-order valence-electron chi connectivity index (χ3n) is 2.78. The molecule has 0 radical (unpaired) electrons. The summed E-state index contributed by atoms with van der Waals surface area (Å²) >= 11 is 0. The van der Waals surface area contributed by atoms with Crippen molar-refractivity contribution in [3.8, 4) is 5.75 Å². The largest absolute Gasteiger partial charge is 0.489 e. The van der Waals surface area contributed by atoms with Gasteiger partial charge >= 0.3 is 0 Å². The molecule has 1 atom stereocenters. The van der Waals surface area contributed by atoms with E-state index in [-0.39, 0.29) is 0 Å². The average Bonchev–Trinajstić information content (AvgIpc) is 2.74. The van der Waals surface area contributed by atoms with Crippen LogP contribution in [0.15, 0.2) is 24.3 Å². The van der Waals surface area contributed by atoms with Gasteiger partial charge < -0.3 is 10.1 Å². The number of benzene rings is 1. The Morgan fingerprint density at radius 1 is 1.33 bits per heavy atom. The Balaban J connectivity index is 1.91. The first kappa shape index (κ1) is 10.5. The second-order valence-electron chi connectivity index (χ2n) is 4.13. The van der Waals surface area contributed by atoms with Crippen LogP contribution in [0, 0.1) is 0 Å². The van der Waals surface area contributed by atoms with E-state index in [1.165, 1.54) is 12.0 Å². The molecule has 1 aromatic rings. The molecule has 0 bridgehead atoms. The van der Waals surface area contributed by atoms with Gasteiger partial charge in [-0.25, -0.2) is 0 Å². The maximum Gasteiger partial charge on any atom is 0.119 e. The van der Waals surface area contributed by atoms with E-state index in [9.17, 15) is 0 Å². The van der Waals surface area contributed by atoms with E-state index in [1.807, 2.05) is 0 Å². The summed E-state index contributed by atoms with van der Waals surface area (Å²) in [6.07, 6.45) is 3.84. The fourth-order valence-electron chi connectivity index (χ4n) is 1.94. The highest BCUT2D eigenvalue weighted by molar-refractivity contribution is 5.27. The summed E-state index contributed by atoms with van der Waals surface area (Å²) in [5.41, 5.74) is 1.40. The number of rotatable bonds is 4. The molecule has 2 heteroatoms. The van der Waals surface area contributed by atoms with E-state index in [0.29, 0.717) is 6.10 Å². The zero-order valence-corrected chi connectivity index (χ0v) is 9.33. The fraction of sp³-hybridized carbons (Fsp3) is 0.538. The van der Waals surface area contributed by atoms with E-state index in [0.717, 1.165) is 31.7 Å². The maximum absolute atomic E-state index is 5.85. The minimum absolute atomic E-state index is 0.363. The normalized spacial score (nSPS) is 20.5. The first-order valence-corrected chi connectivity index (χ1v) is 5.85. The van der Waals surface area contributed by atoms with E-state index < -0.39 is 0 Å². The van der Waals surface area contributed by atoms with Crippen molar-refractivity contribution in [2.75, 3.05) is 13.1 Å². The molecule has 1 aromatic carbocycles. The topological polar surface area (TPSA) is 21.3 Å². The second kappa shape index (κ2) is 5.17. The summed E-state index contributed by atoms with van der Waals surface area (Å²) in [7, 11) is 0. The van der Waals surface area contributed by atoms with Gasteiger partial charge in [-0.15, -0.1) is 0 Å². The van der Waals surface area contributed by atoms with Crippen molar-refractivity contribution in [3.63, 3.8) is 0 Å². The van der Waals surface area contributed by atoms with Crippen LogP contribution in [0.1, 0.15) is 25.3 Å². The molecule has 1 fully saturated rings. The maximum atomic E-state index is 5.85. The molecule has 0 saturated carbocycles. The molecule has 2 rings (SSSR count). The number of hydrogen-bond donors (Lipinski definition) is 1. The Morgan fingerprint density at radius 3 is 2.73 bits per heavy atom. The molecule has 0 unspecified atom stereocenters. The lowest BCUT2D eigenvalue weighted by molar-refractivity contribution is 0.223. The van der Waals surface area contributed by atoms with Gasteiger partial charge in [-0.3, -0.25) is 0 Å². The summed E-state index contributed by atoms with van der Waals surface area (Å²) in [6.45, 7) is 4.27. The molecule has 0 spiro atoms. The molecule has 15 heavy (non-hydrogen) atoms. The summed E-state index contributed by atoms with van der Waals surface area (Å²) in [6, 6.07) is 8.51. The molecule has 0 aromatic heterocycles. The molecule has 1 N–H and O–H groups in total. The second-order valence-corrected chi connectivity index (χ2v) is 4.13. The van der Waals surface area contributed by atoms with E-state index in [1.54, 1.807) is 0 Å². The van der Waals surface area contributed by atoms with Crippen LogP contribution in [-0.2, 0) is 6.42 Å². The van der Waals surface area contributed by atoms with Gasteiger partial charge in [0.15, 0.2) is 0 Å². The van der Waals surface area contributed by atoms with Gasteiger partial charge in [0.05, 0.1) is 0 Å². The van der Waals surface area contributed by atoms with Crippen molar-refractivity contribution in [1.29, 1.82) is 0 Å². The highest BCUT2D eigenvalue weighted by atomic mass is 16.5. The molecule has 1 heterocycles. The van der Waals surface area contributed by atoms with Crippen LogP contribution in [0.2, 0.25) is 0 Å². The molecule has 1 aliphatic rings. The van der Waals surface area contributed by atoms with Crippen molar-refractivity contribution in [2.45, 2.75) is 32.3 Å². The van der Waals surface area contributed by atoms with Crippen LogP contribution in [0.25, 0.3) is 0 Å².